The van der Waals surface area contributed by atoms with E-state index < -0.39 is 35.1 Å². The highest BCUT2D eigenvalue weighted by Gasteiger charge is 2.62. The molecule has 0 aromatic carbocycles. The molecule has 2 unspecified atom stereocenters. The number of fused-ring (bicyclic) bond motifs is 3. The number of ether oxygens (including phenoxy) is 2. The number of carbonyl (C=O) groups is 4. The summed E-state index contributed by atoms with van der Waals surface area (Å²) >= 11 is 0. The molecule has 202 valence electrons. The Morgan fingerprint density at radius 1 is 1.18 bits per heavy atom. The summed E-state index contributed by atoms with van der Waals surface area (Å²) in [4.78, 5) is 52.1. The third-order valence-corrected chi connectivity index (χ3v) is 8.36. The Labute approximate surface area is 225 Å². The van der Waals surface area contributed by atoms with Crippen LogP contribution >= 0.6 is 0 Å². The van der Waals surface area contributed by atoms with Crippen molar-refractivity contribution in [2.24, 2.45) is 35.5 Å². The number of esters is 1. The van der Waals surface area contributed by atoms with Gasteiger partial charge in [0.15, 0.2) is 23.0 Å². The Hall–Kier alpha value is -3.28. The largest absolute Gasteiger partial charge is 0.468 e. The van der Waals surface area contributed by atoms with Gasteiger partial charge in [0, 0.05) is 5.57 Å². The monoisotopic (exact) mass is 518 g/mol. The predicted molar refractivity (Wildman–Crippen MR) is 144 cm³/mol. The second-order valence-electron chi connectivity index (χ2n) is 11.6. The van der Waals surface area contributed by atoms with Gasteiger partial charge in [-0.15, -0.1) is 0 Å². The smallest absolute Gasteiger partial charge is 0.318 e. The highest BCUT2D eigenvalue weighted by molar-refractivity contribution is 6.12. The van der Waals surface area contributed by atoms with E-state index in [0.29, 0.717) is 28.7 Å². The minimum atomic E-state index is -1.48. The molecule has 1 fully saturated rings. The summed E-state index contributed by atoms with van der Waals surface area (Å²) in [5.74, 6) is -2.44. The third-order valence-electron chi connectivity index (χ3n) is 8.36. The number of rotatable bonds is 8. The predicted octanol–water partition coefficient (Wildman–Crippen LogP) is 5.77. The van der Waals surface area contributed by atoms with Crippen LogP contribution in [0.2, 0.25) is 0 Å². The molecule has 0 spiro atoms. The summed E-state index contributed by atoms with van der Waals surface area (Å²) in [5, 5.41) is 0. The van der Waals surface area contributed by atoms with Gasteiger partial charge in [0.25, 0.3) is 0 Å². The van der Waals surface area contributed by atoms with Crippen molar-refractivity contribution in [3.05, 3.63) is 71.3 Å². The summed E-state index contributed by atoms with van der Waals surface area (Å²) in [6.07, 6.45) is 16.3. The van der Waals surface area contributed by atoms with E-state index >= 15 is 0 Å². The summed E-state index contributed by atoms with van der Waals surface area (Å²) < 4.78 is 11.5. The highest BCUT2D eigenvalue weighted by atomic mass is 16.6. The fourth-order valence-corrected chi connectivity index (χ4v) is 6.08. The van der Waals surface area contributed by atoms with E-state index in [1.807, 2.05) is 19.9 Å². The molecule has 6 nitrogen and oxygen atoms in total. The molecule has 0 N–H and O–H groups in total. The molecular weight excluding hydrogens is 480 g/mol. The minimum Gasteiger partial charge on any atom is -0.468 e. The Balaban J connectivity index is 1.59. The van der Waals surface area contributed by atoms with Gasteiger partial charge in [-0.3, -0.25) is 19.2 Å². The number of ketones is 3. The number of carbonyl (C=O) groups excluding carboxylic acids is 4. The second kappa shape index (κ2) is 10.8. The van der Waals surface area contributed by atoms with Gasteiger partial charge in [0.2, 0.25) is 0 Å². The van der Waals surface area contributed by atoms with Crippen LogP contribution in [0.4, 0.5) is 0 Å². The minimum absolute atomic E-state index is 0.0427. The van der Waals surface area contributed by atoms with Crippen LogP contribution in [0.1, 0.15) is 60.8 Å². The molecule has 4 rings (SSSR count). The fourth-order valence-electron chi connectivity index (χ4n) is 6.08. The average molecular weight is 519 g/mol. The van der Waals surface area contributed by atoms with Gasteiger partial charge in [-0.2, -0.15) is 0 Å². The summed E-state index contributed by atoms with van der Waals surface area (Å²) in [5.41, 5.74) is 0.580. The quantitative estimate of drug-likeness (QED) is 0.176. The Morgan fingerprint density at radius 3 is 2.61 bits per heavy atom. The second-order valence-corrected chi connectivity index (χ2v) is 11.6. The van der Waals surface area contributed by atoms with E-state index in [0.717, 1.165) is 24.8 Å². The number of hydrogen-bond donors (Lipinski definition) is 0. The molecule has 0 amide bonds. The van der Waals surface area contributed by atoms with Crippen LogP contribution < -0.4 is 0 Å². The zero-order valence-corrected chi connectivity index (χ0v) is 23.2. The van der Waals surface area contributed by atoms with E-state index in [1.165, 1.54) is 18.4 Å². The lowest BCUT2D eigenvalue weighted by Crippen LogP contribution is -2.46. The normalized spacial score (nSPS) is 32.5. The maximum atomic E-state index is 13.4. The van der Waals surface area contributed by atoms with Crippen molar-refractivity contribution < 1.29 is 28.7 Å². The van der Waals surface area contributed by atoms with E-state index in [2.05, 4.69) is 26.8 Å². The zero-order valence-electron chi connectivity index (χ0n) is 23.2. The topological polar surface area (TPSA) is 86.7 Å². The SMILES string of the molecule is CCC(C)CC(C)/C=C(C)/C=C/C(=O)[C@H]1C(=O)O[C@@]2(C)C(=O)C=C3C=C([C@H]4C(=O)C=CC[C@@H]4C)OC=C3[C@@H]12. The maximum Gasteiger partial charge on any atom is 0.318 e. The Morgan fingerprint density at radius 2 is 1.92 bits per heavy atom. The first kappa shape index (κ1) is 27.7. The van der Waals surface area contributed by atoms with Gasteiger partial charge in [0.05, 0.1) is 18.1 Å². The summed E-state index contributed by atoms with van der Waals surface area (Å²) in [6, 6.07) is 0. The number of allylic oxidation sites excluding steroid dienone is 9. The van der Waals surface area contributed by atoms with E-state index in [-0.39, 0.29) is 17.5 Å². The van der Waals surface area contributed by atoms with E-state index in [9.17, 15) is 19.2 Å². The van der Waals surface area contributed by atoms with Crippen molar-refractivity contribution in [2.75, 3.05) is 0 Å². The molecular formula is C32H38O6. The van der Waals surface area contributed by atoms with Gasteiger partial charge < -0.3 is 9.47 Å². The molecule has 0 bridgehead atoms. The van der Waals surface area contributed by atoms with Gasteiger partial charge in [0.1, 0.15) is 11.7 Å². The lowest BCUT2D eigenvalue weighted by atomic mass is 9.67. The molecule has 2 heterocycles. The molecule has 0 radical (unpaired) electrons. The number of hydrogen-bond acceptors (Lipinski definition) is 6. The van der Waals surface area contributed by atoms with E-state index in [4.69, 9.17) is 9.47 Å². The van der Waals surface area contributed by atoms with Gasteiger partial charge >= 0.3 is 5.97 Å². The van der Waals surface area contributed by atoms with Crippen molar-refractivity contribution in [3.63, 3.8) is 0 Å². The van der Waals surface area contributed by atoms with Crippen LogP contribution in [-0.2, 0) is 28.7 Å². The lowest BCUT2D eigenvalue weighted by Gasteiger charge is -2.36. The molecule has 1 saturated heterocycles. The molecule has 6 heteroatoms. The molecule has 4 aliphatic rings. The van der Waals surface area contributed by atoms with Gasteiger partial charge in [-0.25, -0.2) is 0 Å². The Kier molecular flexibility index (Phi) is 7.91. The van der Waals surface area contributed by atoms with Crippen LogP contribution in [-0.4, -0.2) is 28.9 Å². The van der Waals surface area contributed by atoms with Crippen molar-refractivity contribution in [3.8, 4) is 0 Å². The van der Waals surface area contributed by atoms with Gasteiger partial charge in [-0.1, -0.05) is 57.9 Å². The Bertz CT molecular complexity index is 1220. The molecule has 38 heavy (non-hydrogen) atoms. The van der Waals surface area contributed by atoms with Crippen molar-refractivity contribution >= 4 is 23.3 Å². The summed E-state index contributed by atoms with van der Waals surface area (Å²) in [6.45, 7) is 12.0. The van der Waals surface area contributed by atoms with Crippen molar-refractivity contribution in [1.82, 2.24) is 0 Å². The average Bonchev–Trinajstić information content (AvgIpc) is 3.13. The van der Waals surface area contributed by atoms with Crippen LogP contribution in [0.3, 0.4) is 0 Å². The van der Waals surface area contributed by atoms with Crippen molar-refractivity contribution in [2.45, 2.75) is 66.4 Å². The standard InChI is InChI=1S/C32H38O6/c1-7-18(2)13-20(4)14-19(3)11-12-25(34)29-30-23-17-37-26(28-21(5)9-8-10-24(28)33)15-22(23)16-27(35)32(30,6)38-31(29)36/h8,10-12,14-18,20-21,28-30H,7,9,13H2,1-6H3/b12-11+,19-14+/t18?,20?,21-,28+,29+,30-,32-/m0/s1. The van der Waals surface area contributed by atoms with Crippen molar-refractivity contribution in [1.29, 1.82) is 0 Å². The molecule has 2 aliphatic carbocycles. The fraction of sp³-hybridized carbons (Fsp3) is 0.500. The maximum absolute atomic E-state index is 13.4. The van der Waals surface area contributed by atoms with Crippen LogP contribution in [0.25, 0.3) is 0 Å². The summed E-state index contributed by atoms with van der Waals surface area (Å²) in [7, 11) is 0. The first-order chi connectivity index (χ1) is 18.0. The molecule has 2 aliphatic heterocycles. The molecule has 0 saturated carbocycles. The highest BCUT2D eigenvalue weighted by Crippen LogP contribution is 2.50. The zero-order chi connectivity index (χ0) is 27.8. The molecule has 0 aromatic rings. The van der Waals surface area contributed by atoms with Crippen LogP contribution in [0, 0.1) is 35.5 Å². The first-order valence-corrected chi connectivity index (χ1v) is 13.6. The lowest BCUT2D eigenvalue weighted by molar-refractivity contribution is -0.156. The molecule has 0 aromatic heterocycles. The van der Waals surface area contributed by atoms with Crippen LogP contribution in [0.5, 0.6) is 0 Å². The van der Waals surface area contributed by atoms with Gasteiger partial charge in [-0.05, 0) is 74.3 Å². The first-order valence-electron chi connectivity index (χ1n) is 13.6. The van der Waals surface area contributed by atoms with Crippen LogP contribution in [0.15, 0.2) is 71.3 Å². The molecule has 7 atom stereocenters. The third kappa shape index (κ3) is 5.18. The van der Waals surface area contributed by atoms with E-state index in [1.54, 1.807) is 25.2 Å².